The summed E-state index contributed by atoms with van der Waals surface area (Å²) < 4.78 is 0. The highest BCUT2D eigenvalue weighted by Crippen LogP contribution is 2.70. The minimum atomic E-state index is -0.684. The van der Waals surface area contributed by atoms with Crippen molar-refractivity contribution in [2.45, 2.75) is 105 Å². The first kappa shape index (κ1) is 23.5. The first-order chi connectivity index (χ1) is 14.6. The fraction of sp³-hybridized carbons (Fsp3) is 0.963. The Kier molecular flexibility index (Phi) is 6.31. The molecule has 178 valence electrons. The van der Waals surface area contributed by atoms with Crippen LogP contribution in [0.15, 0.2) is 0 Å². The maximum Gasteiger partial charge on any atom is 0.303 e. The van der Waals surface area contributed by atoms with Crippen LogP contribution < -0.4 is 0 Å². The number of carbonyl (C=O) groups is 1. The lowest BCUT2D eigenvalue weighted by molar-refractivity contribution is -0.220. The van der Waals surface area contributed by atoms with Gasteiger partial charge in [-0.1, -0.05) is 41.0 Å². The average Bonchev–Trinajstić information content (AvgIpc) is 3.05. The molecule has 0 radical (unpaired) electrons. The number of carboxylic acids is 1. The molecule has 0 spiro atoms. The number of hydrogen-bond acceptors (Lipinski definition) is 3. The van der Waals surface area contributed by atoms with Crippen LogP contribution >= 0.6 is 0 Å². The van der Waals surface area contributed by atoms with Crippen LogP contribution in [-0.4, -0.2) is 33.5 Å². The summed E-state index contributed by atoms with van der Waals surface area (Å²) >= 11 is 0. The molecule has 0 aromatic heterocycles. The van der Waals surface area contributed by atoms with E-state index in [1.54, 1.807) is 0 Å². The zero-order valence-corrected chi connectivity index (χ0v) is 20.4. The summed E-state index contributed by atoms with van der Waals surface area (Å²) in [5.74, 6) is 2.96. The van der Waals surface area contributed by atoms with E-state index in [9.17, 15) is 20.1 Å². The van der Waals surface area contributed by atoms with Crippen LogP contribution in [0, 0.1) is 58.2 Å². The molecule has 4 heteroatoms. The number of aliphatic hydroxyl groups excluding tert-OH is 2. The van der Waals surface area contributed by atoms with Gasteiger partial charge in [0.25, 0.3) is 0 Å². The Balaban J connectivity index is 1.65. The highest BCUT2D eigenvalue weighted by Gasteiger charge is 2.66. The molecule has 3 N–H and O–H groups in total. The monoisotopic (exact) mass is 434 g/mol. The van der Waals surface area contributed by atoms with Gasteiger partial charge < -0.3 is 15.3 Å². The van der Waals surface area contributed by atoms with Gasteiger partial charge in [0, 0.05) is 6.42 Å². The van der Waals surface area contributed by atoms with Crippen molar-refractivity contribution in [1.82, 2.24) is 0 Å². The molecule has 0 aliphatic heterocycles. The largest absolute Gasteiger partial charge is 0.481 e. The van der Waals surface area contributed by atoms with E-state index < -0.39 is 5.97 Å². The van der Waals surface area contributed by atoms with Crippen LogP contribution in [0.3, 0.4) is 0 Å². The molecule has 0 heterocycles. The number of carboxylic acid groups (broad SMARTS) is 1. The van der Waals surface area contributed by atoms with Crippen LogP contribution in [0.5, 0.6) is 0 Å². The van der Waals surface area contributed by atoms with Crippen molar-refractivity contribution in [2.75, 3.05) is 0 Å². The van der Waals surface area contributed by atoms with Gasteiger partial charge in [-0.2, -0.15) is 0 Å². The second kappa shape index (κ2) is 8.31. The average molecular weight is 435 g/mol. The van der Waals surface area contributed by atoms with Crippen molar-refractivity contribution in [1.29, 1.82) is 0 Å². The molecular formula is C27H46O4. The normalized spacial score (nSPS) is 52.7. The van der Waals surface area contributed by atoms with E-state index in [-0.39, 0.29) is 35.4 Å². The Labute approximate surface area is 189 Å². The Morgan fingerprint density at radius 1 is 1.06 bits per heavy atom. The molecule has 4 aliphatic rings. The summed E-state index contributed by atoms with van der Waals surface area (Å²) in [6.45, 7) is 11.8. The standard InChI is InChI=1S/C27H46O4/c1-6-18-22-14-17(28)13-16(3)27(22,5)21-11-12-26(4)19(15(2)7-10-23(29)30)8-9-20(26)24(21)25(18)31/h15-22,24-25,28,31H,6-14H2,1-5H3,(H,29,30)/t15-,16?,17-,18-,19-,20+,21+,22?,24+,25-,26-,27-/m1/s1. The molecule has 12 atom stereocenters. The Morgan fingerprint density at radius 2 is 1.77 bits per heavy atom. The van der Waals surface area contributed by atoms with E-state index in [2.05, 4.69) is 34.6 Å². The summed E-state index contributed by atoms with van der Waals surface area (Å²) in [6.07, 6.45) is 8.07. The van der Waals surface area contributed by atoms with Gasteiger partial charge in [-0.25, -0.2) is 0 Å². The van der Waals surface area contributed by atoms with E-state index in [4.69, 9.17) is 0 Å². The summed E-state index contributed by atoms with van der Waals surface area (Å²) in [7, 11) is 0. The summed E-state index contributed by atoms with van der Waals surface area (Å²) in [5, 5.41) is 31.6. The van der Waals surface area contributed by atoms with E-state index in [1.165, 1.54) is 25.7 Å². The van der Waals surface area contributed by atoms with Crippen LogP contribution in [-0.2, 0) is 4.79 Å². The quantitative estimate of drug-likeness (QED) is 0.544. The molecule has 4 fully saturated rings. The van der Waals surface area contributed by atoms with Gasteiger partial charge in [0.15, 0.2) is 0 Å². The molecule has 4 aliphatic carbocycles. The number of rotatable bonds is 5. The molecular weight excluding hydrogens is 388 g/mol. The number of fused-ring (bicyclic) bond motifs is 5. The fourth-order valence-electron chi connectivity index (χ4n) is 9.92. The van der Waals surface area contributed by atoms with Crippen LogP contribution in [0.4, 0.5) is 0 Å². The molecule has 0 amide bonds. The van der Waals surface area contributed by atoms with Gasteiger partial charge in [-0.15, -0.1) is 0 Å². The minimum absolute atomic E-state index is 0.206. The number of hydrogen-bond donors (Lipinski definition) is 3. The molecule has 2 unspecified atom stereocenters. The van der Waals surface area contributed by atoms with Gasteiger partial charge in [-0.3, -0.25) is 4.79 Å². The zero-order valence-electron chi connectivity index (χ0n) is 20.4. The number of aliphatic carboxylic acids is 1. The smallest absolute Gasteiger partial charge is 0.303 e. The lowest BCUT2D eigenvalue weighted by Gasteiger charge is -2.66. The van der Waals surface area contributed by atoms with Crippen molar-refractivity contribution in [2.24, 2.45) is 58.2 Å². The first-order valence-electron chi connectivity index (χ1n) is 13.1. The van der Waals surface area contributed by atoms with Crippen molar-refractivity contribution in [3.8, 4) is 0 Å². The van der Waals surface area contributed by atoms with E-state index in [0.717, 1.165) is 25.7 Å². The predicted molar refractivity (Wildman–Crippen MR) is 122 cm³/mol. The third-order valence-corrected chi connectivity index (χ3v) is 11.5. The highest BCUT2D eigenvalue weighted by molar-refractivity contribution is 5.66. The molecule has 4 nitrogen and oxygen atoms in total. The predicted octanol–water partition coefficient (Wildman–Crippen LogP) is 5.36. The Hall–Kier alpha value is -0.610. The maximum absolute atomic E-state index is 11.8. The second-order valence-corrected chi connectivity index (χ2v) is 12.5. The Morgan fingerprint density at radius 3 is 2.42 bits per heavy atom. The van der Waals surface area contributed by atoms with E-state index >= 15 is 0 Å². The van der Waals surface area contributed by atoms with Gasteiger partial charge in [-0.05, 0) is 103 Å². The molecule has 0 bridgehead atoms. The maximum atomic E-state index is 11.8. The molecule has 0 saturated heterocycles. The van der Waals surface area contributed by atoms with Gasteiger partial charge >= 0.3 is 5.97 Å². The third-order valence-electron chi connectivity index (χ3n) is 11.5. The third kappa shape index (κ3) is 3.50. The summed E-state index contributed by atoms with van der Waals surface area (Å²) in [6, 6.07) is 0. The van der Waals surface area contributed by atoms with Gasteiger partial charge in [0.2, 0.25) is 0 Å². The summed E-state index contributed by atoms with van der Waals surface area (Å²) in [4.78, 5) is 11.2. The topological polar surface area (TPSA) is 77.8 Å². The summed E-state index contributed by atoms with van der Waals surface area (Å²) in [5.41, 5.74) is 0.428. The molecule has 4 rings (SSSR count). The van der Waals surface area contributed by atoms with Gasteiger partial charge in [0.1, 0.15) is 0 Å². The second-order valence-electron chi connectivity index (χ2n) is 12.5. The van der Waals surface area contributed by atoms with Crippen LogP contribution in [0.25, 0.3) is 0 Å². The van der Waals surface area contributed by atoms with E-state index in [0.29, 0.717) is 41.4 Å². The molecule has 4 saturated carbocycles. The fourth-order valence-corrected chi connectivity index (χ4v) is 9.92. The van der Waals surface area contributed by atoms with E-state index in [1.807, 2.05) is 0 Å². The first-order valence-corrected chi connectivity index (χ1v) is 13.1. The van der Waals surface area contributed by atoms with Crippen LogP contribution in [0.2, 0.25) is 0 Å². The molecule has 31 heavy (non-hydrogen) atoms. The van der Waals surface area contributed by atoms with Gasteiger partial charge in [0.05, 0.1) is 12.2 Å². The lowest BCUT2D eigenvalue weighted by atomic mass is 9.39. The number of aliphatic hydroxyl groups is 2. The van der Waals surface area contributed by atoms with Crippen LogP contribution in [0.1, 0.15) is 92.4 Å². The zero-order chi connectivity index (χ0) is 22.7. The molecule has 0 aromatic rings. The lowest BCUT2D eigenvalue weighted by Crippen LogP contribution is -2.64. The highest BCUT2D eigenvalue weighted by atomic mass is 16.4. The molecule has 0 aromatic carbocycles. The Bertz CT molecular complexity index is 678. The minimum Gasteiger partial charge on any atom is -0.481 e. The van der Waals surface area contributed by atoms with Crippen molar-refractivity contribution >= 4 is 5.97 Å². The van der Waals surface area contributed by atoms with Crippen molar-refractivity contribution in [3.63, 3.8) is 0 Å². The SMILES string of the molecule is CC[C@@H]1C2C[C@H](O)CC(C)[C@]2(C)[C@H]2CC[C@]3(C)[C@@H]([C@H](C)CCC(=O)O)CC[C@H]3[C@@H]2[C@@H]1O. The van der Waals surface area contributed by atoms with Crippen molar-refractivity contribution in [3.05, 3.63) is 0 Å². The van der Waals surface area contributed by atoms with Crippen molar-refractivity contribution < 1.29 is 20.1 Å².